The molecule has 8 nitrogen and oxygen atoms in total. The predicted molar refractivity (Wildman–Crippen MR) is 124 cm³/mol. The van der Waals surface area contributed by atoms with Gasteiger partial charge in [0.05, 0.1) is 17.0 Å². The van der Waals surface area contributed by atoms with E-state index in [2.05, 4.69) is 0 Å². The quantitative estimate of drug-likeness (QED) is 0.519. The van der Waals surface area contributed by atoms with Crippen LogP contribution in [-0.2, 0) is 24.4 Å². The van der Waals surface area contributed by atoms with Gasteiger partial charge in [0.25, 0.3) is 5.91 Å². The van der Waals surface area contributed by atoms with Gasteiger partial charge in [0.1, 0.15) is 6.04 Å². The molecular formula is C24H33N3O5S. The molecule has 1 aliphatic heterocycles. The molecule has 1 atom stereocenters. The van der Waals surface area contributed by atoms with Gasteiger partial charge in [0.2, 0.25) is 21.8 Å². The summed E-state index contributed by atoms with van der Waals surface area (Å²) in [4.78, 5) is 43.0. The highest BCUT2D eigenvalue weighted by Gasteiger charge is 2.47. The molecule has 0 radical (unpaired) electrons. The molecule has 2 saturated carbocycles. The van der Waals surface area contributed by atoms with Gasteiger partial charge in [-0.25, -0.2) is 18.5 Å². The minimum atomic E-state index is -3.88. The Morgan fingerprint density at radius 2 is 1.42 bits per heavy atom. The van der Waals surface area contributed by atoms with Crippen LogP contribution in [-0.4, -0.2) is 43.1 Å². The number of sulfonamides is 1. The van der Waals surface area contributed by atoms with E-state index in [1.807, 2.05) is 0 Å². The highest BCUT2D eigenvalue weighted by atomic mass is 32.2. The number of anilines is 1. The van der Waals surface area contributed by atoms with Gasteiger partial charge in [-0.15, -0.1) is 0 Å². The first kappa shape index (κ1) is 23.9. The topological polar surface area (TPSA) is 118 Å². The van der Waals surface area contributed by atoms with Crippen molar-refractivity contribution >= 4 is 33.4 Å². The molecule has 180 valence electrons. The average molecular weight is 476 g/mol. The molecule has 1 aromatic carbocycles. The van der Waals surface area contributed by atoms with Gasteiger partial charge in [-0.05, 0) is 49.9 Å². The molecule has 1 aromatic rings. The number of carbonyl (C=O) groups excluding carboxylic acids is 3. The lowest BCUT2D eigenvalue weighted by Gasteiger charge is -2.38. The second-order valence-electron chi connectivity index (χ2n) is 9.55. The van der Waals surface area contributed by atoms with Crippen LogP contribution in [0.5, 0.6) is 0 Å². The summed E-state index contributed by atoms with van der Waals surface area (Å²) in [6.45, 7) is 0. The molecular weight excluding hydrogens is 442 g/mol. The van der Waals surface area contributed by atoms with Crippen LogP contribution < -0.4 is 10.0 Å². The van der Waals surface area contributed by atoms with Crippen LogP contribution in [0.25, 0.3) is 0 Å². The number of nitrogens with two attached hydrogens (primary N) is 1. The highest BCUT2D eigenvalue weighted by Crippen LogP contribution is 2.34. The number of benzene rings is 1. The Kier molecular flexibility index (Phi) is 7.19. The first-order valence-electron chi connectivity index (χ1n) is 12.1. The van der Waals surface area contributed by atoms with Crippen LogP contribution in [0.1, 0.15) is 77.0 Å². The van der Waals surface area contributed by atoms with Crippen molar-refractivity contribution in [2.45, 2.75) is 94.0 Å². The van der Waals surface area contributed by atoms with Crippen LogP contribution in [0.4, 0.5) is 5.69 Å². The van der Waals surface area contributed by atoms with Gasteiger partial charge in [-0.2, -0.15) is 0 Å². The summed E-state index contributed by atoms with van der Waals surface area (Å²) >= 11 is 0. The maximum absolute atomic E-state index is 13.7. The lowest BCUT2D eigenvalue weighted by molar-refractivity contribution is -0.146. The van der Waals surface area contributed by atoms with Gasteiger partial charge in [-0.1, -0.05) is 44.9 Å². The van der Waals surface area contributed by atoms with Gasteiger partial charge in [-0.3, -0.25) is 14.4 Å². The lowest BCUT2D eigenvalue weighted by atomic mass is 9.87. The molecule has 9 heteroatoms. The molecule has 2 aliphatic carbocycles. The third kappa shape index (κ3) is 5.14. The van der Waals surface area contributed by atoms with Crippen molar-refractivity contribution in [2.75, 3.05) is 4.90 Å². The summed E-state index contributed by atoms with van der Waals surface area (Å²) in [5.41, 5.74) is 0.297. The van der Waals surface area contributed by atoms with Crippen molar-refractivity contribution in [3.63, 3.8) is 0 Å². The number of hydrogen-bond donors (Lipinski definition) is 1. The summed E-state index contributed by atoms with van der Waals surface area (Å²) in [6, 6.07) is 4.58. The number of carbonyl (C=O) groups is 3. The minimum absolute atomic E-state index is 0.0200. The van der Waals surface area contributed by atoms with Crippen molar-refractivity contribution in [3.8, 4) is 0 Å². The van der Waals surface area contributed by atoms with Gasteiger partial charge in [0.15, 0.2) is 0 Å². The average Bonchev–Trinajstić information content (AvgIpc) is 2.96. The Labute approximate surface area is 195 Å². The summed E-state index contributed by atoms with van der Waals surface area (Å²) in [7, 11) is -3.88. The van der Waals surface area contributed by atoms with E-state index in [1.165, 1.54) is 24.3 Å². The van der Waals surface area contributed by atoms with E-state index in [0.29, 0.717) is 5.69 Å². The predicted octanol–water partition coefficient (Wildman–Crippen LogP) is 3.10. The van der Waals surface area contributed by atoms with E-state index in [-0.39, 0.29) is 35.1 Å². The van der Waals surface area contributed by atoms with E-state index in [4.69, 9.17) is 5.14 Å². The maximum Gasteiger partial charge on any atom is 0.257 e. The first-order chi connectivity index (χ1) is 15.8. The monoisotopic (exact) mass is 475 g/mol. The van der Waals surface area contributed by atoms with Crippen molar-refractivity contribution in [1.29, 1.82) is 0 Å². The smallest absolute Gasteiger partial charge is 0.257 e. The van der Waals surface area contributed by atoms with Crippen molar-refractivity contribution < 1.29 is 22.8 Å². The second kappa shape index (κ2) is 9.93. The van der Waals surface area contributed by atoms with Crippen molar-refractivity contribution in [2.24, 2.45) is 11.1 Å². The zero-order chi connectivity index (χ0) is 23.6. The fourth-order valence-electron chi connectivity index (χ4n) is 5.57. The van der Waals surface area contributed by atoms with Crippen LogP contribution >= 0.6 is 0 Å². The number of imide groups is 1. The standard InChI is InChI=1S/C24H33N3O5S/c25-33(31,32)20-14-12-19(13-15-20)27-22(28)16-21(24(27)30)26(18-10-6-1-2-7-11-18)23(29)17-8-4-3-5-9-17/h12-15,17-18,21H,1-11,16H2,(H2,25,31,32). The molecule has 0 bridgehead atoms. The Morgan fingerprint density at radius 3 is 2.00 bits per heavy atom. The third-order valence-electron chi connectivity index (χ3n) is 7.31. The Hall–Kier alpha value is -2.26. The van der Waals surface area contributed by atoms with E-state index in [9.17, 15) is 22.8 Å². The molecule has 0 aromatic heterocycles. The van der Waals surface area contributed by atoms with Crippen LogP contribution in [0.2, 0.25) is 0 Å². The number of nitrogens with zero attached hydrogens (tertiary/aromatic N) is 2. The summed E-state index contributed by atoms with van der Waals surface area (Å²) in [6.07, 6.45) is 10.8. The Bertz CT molecular complexity index is 993. The van der Waals surface area contributed by atoms with E-state index >= 15 is 0 Å². The SMILES string of the molecule is NS(=O)(=O)c1ccc(N2C(=O)CC(N(C(=O)C3CCCCC3)C3CCCCCC3)C2=O)cc1. The number of primary sulfonamides is 1. The summed E-state index contributed by atoms with van der Waals surface area (Å²) < 4.78 is 23.1. The molecule has 0 spiro atoms. The van der Waals surface area contributed by atoms with E-state index in [0.717, 1.165) is 75.5 Å². The molecule has 3 fully saturated rings. The third-order valence-corrected chi connectivity index (χ3v) is 8.24. The maximum atomic E-state index is 13.7. The fraction of sp³-hybridized carbons (Fsp3) is 0.625. The normalized spacial score (nSPS) is 23.5. The fourth-order valence-corrected chi connectivity index (χ4v) is 6.09. The summed E-state index contributed by atoms with van der Waals surface area (Å²) in [5.74, 6) is -0.827. The van der Waals surface area contributed by atoms with Crippen LogP contribution in [0.15, 0.2) is 29.2 Å². The molecule has 3 amide bonds. The molecule has 1 unspecified atom stereocenters. The highest BCUT2D eigenvalue weighted by molar-refractivity contribution is 7.89. The minimum Gasteiger partial charge on any atom is -0.327 e. The van der Waals surface area contributed by atoms with Crippen LogP contribution in [0, 0.1) is 5.92 Å². The summed E-state index contributed by atoms with van der Waals surface area (Å²) in [5, 5.41) is 5.16. The molecule has 4 rings (SSSR count). The Morgan fingerprint density at radius 1 is 0.879 bits per heavy atom. The number of rotatable bonds is 5. The molecule has 2 N–H and O–H groups in total. The molecule has 3 aliphatic rings. The van der Waals surface area contributed by atoms with Gasteiger partial charge < -0.3 is 4.90 Å². The van der Waals surface area contributed by atoms with Gasteiger partial charge >= 0.3 is 0 Å². The van der Waals surface area contributed by atoms with Crippen molar-refractivity contribution in [3.05, 3.63) is 24.3 Å². The number of hydrogen-bond acceptors (Lipinski definition) is 5. The first-order valence-corrected chi connectivity index (χ1v) is 13.6. The van der Waals surface area contributed by atoms with Crippen LogP contribution in [0.3, 0.4) is 0 Å². The Balaban J connectivity index is 1.62. The lowest BCUT2D eigenvalue weighted by Crippen LogP contribution is -2.52. The number of amides is 3. The molecule has 33 heavy (non-hydrogen) atoms. The van der Waals surface area contributed by atoms with E-state index < -0.39 is 22.0 Å². The van der Waals surface area contributed by atoms with E-state index in [1.54, 1.807) is 4.90 Å². The zero-order valence-electron chi connectivity index (χ0n) is 18.9. The molecule has 1 saturated heterocycles. The second-order valence-corrected chi connectivity index (χ2v) is 11.1. The largest absolute Gasteiger partial charge is 0.327 e. The van der Waals surface area contributed by atoms with Gasteiger partial charge in [0, 0.05) is 12.0 Å². The molecule has 1 heterocycles. The zero-order valence-corrected chi connectivity index (χ0v) is 19.8. The van der Waals surface area contributed by atoms with Crippen molar-refractivity contribution in [1.82, 2.24) is 4.90 Å².